The molecule has 0 saturated carbocycles. The number of anilines is 1. The molecule has 0 radical (unpaired) electrons. The van der Waals surface area contributed by atoms with Gasteiger partial charge in [-0.3, -0.25) is 0 Å². The molecule has 0 bridgehead atoms. The molecule has 0 unspecified atom stereocenters. The molecule has 0 heterocycles. The van der Waals surface area contributed by atoms with Crippen LogP contribution in [0.15, 0.2) is 42.5 Å². The van der Waals surface area contributed by atoms with Crippen molar-refractivity contribution in [2.75, 3.05) is 11.9 Å². The van der Waals surface area contributed by atoms with Gasteiger partial charge < -0.3 is 10.1 Å². The third-order valence-electron chi connectivity index (χ3n) is 3.55. The van der Waals surface area contributed by atoms with Crippen molar-refractivity contribution in [3.05, 3.63) is 59.2 Å². The lowest BCUT2D eigenvalue weighted by atomic mass is 10.0. The Bertz CT molecular complexity index is 653. The number of hydrogen-bond donors (Lipinski definition) is 1. The van der Waals surface area contributed by atoms with Gasteiger partial charge in [0.15, 0.2) is 0 Å². The highest BCUT2D eigenvalue weighted by Crippen LogP contribution is 2.34. The zero-order valence-electron chi connectivity index (χ0n) is 13.2. The summed E-state index contributed by atoms with van der Waals surface area (Å²) in [6, 6.07) is 11.9. The highest BCUT2D eigenvalue weighted by molar-refractivity contribution is 5.51. The van der Waals surface area contributed by atoms with Crippen LogP contribution in [0.25, 0.3) is 0 Å². The average molecular weight is 323 g/mol. The maximum atomic E-state index is 13.1. The normalized spacial score (nSPS) is 11.3. The predicted octanol–water partition coefficient (Wildman–Crippen LogP) is 5.28. The van der Waals surface area contributed by atoms with Crippen molar-refractivity contribution in [3.63, 3.8) is 0 Å². The average Bonchev–Trinajstić information content (AvgIpc) is 2.53. The van der Waals surface area contributed by atoms with Crippen molar-refractivity contribution >= 4 is 5.69 Å². The van der Waals surface area contributed by atoms with Crippen LogP contribution in [0, 0.1) is 0 Å². The smallest absolute Gasteiger partial charge is 0.416 e. The molecule has 0 saturated heterocycles. The van der Waals surface area contributed by atoms with Crippen LogP contribution in [-0.2, 0) is 19.1 Å². The van der Waals surface area contributed by atoms with Crippen molar-refractivity contribution in [3.8, 4) is 5.75 Å². The topological polar surface area (TPSA) is 21.3 Å². The fraction of sp³-hybridized carbons (Fsp3) is 0.333. The summed E-state index contributed by atoms with van der Waals surface area (Å²) in [6.45, 7) is 4.55. The molecule has 0 spiro atoms. The molecule has 0 amide bonds. The first-order valence-corrected chi connectivity index (χ1v) is 7.60. The van der Waals surface area contributed by atoms with E-state index in [2.05, 4.69) is 5.32 Å². The number of nitrogens with one attached hydrogen (secondary N) is 1. The first-order valence-electron chi connectivity index (χ1n) is 7.60. The second-order valence-corrected chi connectivity index (χ2v) is 5.12. The van der Waals surface area contributed by atoms with Gasteiger partial charge in [0, 0.05) is 17.8 Å². The molecule has 0 aliphatic heterocycles. The van der Waals surface area contributed by atoms with Gasteiger partial charge in [0.1, 0.15) is 5.75 Å². The number of para-hydroxylation sites is 1. The zero-order chi connectivity index (χ0) is 16.9. The Morgan fingerprint density at radius 1 is 1.00 bits per heavy atom. The van der Waals surface area contributed by atoms with Crippen molar-refractivity contribution in [1.82, 2.24) is 0 Å². The highest BCUT2D eigenvalue weighted by Gasteiger charge is 2.33. The molecule has 2 rings (SSSR count). The number of rotatable bonds is 6. The number of benzene rings is 2. The fourth-order valence-electron chi connectivity index (χ4n) is 2.40. The van der Waals surface area contributed by atoms with Gasteiger partial charge in [-0.15, -0.1) is 0 Å². The molecule has 2 nitrogen and oxygen atoms in total. The van der Waals surface area contributed by atoms with Gasteiger partial charge in [0.25, 0.3) is 0 Å². The quantitative estimate of drug-likeness (QED) is 0.781. The van der Waals surface area contributed by atoms with Gasteiger partial charge in [0.2, 0.25) is 0 Å². The molecule has 0 atom stereocenters. The van der Waals surface area contributed by atoms with E-state index in [1.165, 1.54) is 12.1 Å². The summed E-state index contributed by atoms with van der Waals surface area (Å²) in [6.07, 6.45) is -3.99. The summed E-state index contributed by atoms with van der Waals surface area (Å²) in [5.41, 5.74) is 1.07. The van der Waals surface area contributed by atoms with Gasteiger partial charge in [0.05, 0.1) is 12.2 Å². The molecular formula is C18H20F3NO. The predicted molar refractivity (Wildman–Crippen MR) is 85.8 cm³/mol. The summed E-state index contributed by atoms with van der Waals surface area (Å²) < 4.78 is 44.8. The Balaban J connectivity index is 2.18. The van der Waals surface area contributed by atoms with E-state index in [4.69, 9.17) is 4.74 Å². The molecule has 5 heteroatoms. The number of alkyl halides is 3. The van der Waals surface area contributed by atoms with Crippen LogP contribution in [0.2, 0.25) is 0 Å². The van der Waals surface area contributed by atoms with Gasteiger partial charge in [-0.05, 0) is 37.1 Å². The van der Waals surface area contributed by atoms with E-state index in [1.54, 1.807) is 13.0 Å². The minimum absolute atomic E-state index is 0.303. The summed E-state index contributed by atoms with van der Waals surface area (Å²) in [5, 5.41) is 3.04. The Morgan fingerprint density at radius 2 is 1.74 bits per heavy atom. The van der Waals surface area contributed by atoms with Gasteiger partial charge in [-0.2, -0.15) is 13.2 Å². The molecule has 23 heavy (non-hydrogen) atoms. The lowest BCUT2D eigenvalue weighted by Crippen LogP contribution is -2.10. The molecule has 1 N–H and O–H groups in total. The Labute approximate surface area is 134 Å². The number of halogens is 3. The molecule has 124 valence electrons. The van der Waals surface area contributed by atoms with E-state index in [1.807, 2.05) is 31.2 Å². The molecular weight excluding hydrogens is 303 g/mol. The van der Waals surface area contributed by atoms with E-state index in [0.717, 1.165) is 11.3 Å². The van der Waals surface area contributed by atoms with Crippen molar-refractivity contribution in [2.45, 2.75) is 33.0 Å². The zero-order valence-corrected chi connectivity index (χ0v) is 13.2. The molecule has 0 aliphatic carbocycles. The fourth-order valence-corrected chi connectivity index (χ4v) is 2.40. The van der Waals surface area contributed by atoms with Gasteiger partial charge in [-0.25, -0.2) is 0 Å². The van der Waals surface area contributed by atoms with Crippen molar-refractivity contribution in [2.24, 2.45) is 0 Å². The number of hydrogen-bond acceptors (Lipinski definition) is 2. The number of ether oxygens (including phenoxy) is 1. The minimum Gasteiger partial charge on any atom is -0.494 e. The van der Waals surface area contributed by atoms with Crippen LogP contribution in [0.1, 0.15) is 30.5 Å². The third-order valence-corrected chi connectivity index (χ3v) is 3.55. The monoisotopic (exact) mass is 323 g/mol. The number of aryl methyl sites for hydroxylation is 1. The first kappa shape index (κ1) is 17.2. The Kier molecular flexibility index (Phi) is 5.53. The maximum Gasteiger partial charge on any atom is 0.416 e. The molecule has 0 aromatic heterocycles. The van der Waals surface area contributed by atoms with Gasteiger partial charge >= 0.3 is 6.18 Å². The maximum absolute atomic E-state index is 13.1. The van der Waals surface area contributed by atoms with E-state index >= 15 is 0 Å². The first-order chi connectivity index (χ1) is 11.0. The molecule has 0 fully saturated rings. The third kappa shape index (κ3) is 4.41. The van der Waals surface area contributed by atoms with E-state index in [0.29, 0.717) is 30.8 Å². The second-order valence-electron chi connectivity index (χ2n) is 5.12. The van der Waals surface area contributed by atoms with E-state index in [-0.39, 0.29) is 0 Å². The van der Waals surface area contributed by atoms with Crippen molar-refractivity contribution in [1.29, 1.82) is 0 Å². The SMILES string of the molecule is CCOc1ccccc1CNc1ccc(CC)c(C(F)(F)F)c1. The Hall–Kier alpha value is -2.17. The molecule has 2 aromatic carbocycles. The highest BCUT2D eigenvalue weighted by atomic mass is 19.4. The Morgan fingerprint density at radius 3 is 2.39 bits per heavy atom. The lowest BCUT2D eigenvalue weighted by molar-refractivity contribution is -0.138. The molecule has 2 aromatic rings. The molecule has 0 aliphatic rings. The van der Waals surface area contributed by atoms with Crippen LogP contribution in [-0.4, -0.2) is 6.61 Å². The van der Waals surface area contributed by atoms with E-state index < -0.39 is 11.7 Å². The van der Waals surface area contributed by atoms with Crippen LogP contribution in [0.3, 0.4) is 0 Å². The van der Waals surface area contributed by atoms with Crippen LogP contribution in [0.5, 0.6) is 5.75 Å². The van der Waals surface area contributed by atoms with Gasteiger partial charge in [-0.1, -0.05) is 31.2 Å². The van der Waals surface area contributed by atoms with Crippen LogP contribution in [0.4, 0.5) is 18.9 Å². The second kappa shape index (κ2) is 7.40. The summed E-state index contributed by atoms with van der Waals surface area (Å²) in [5.74, 6) is 0.740. The van der Waals surface area contributed by atoms with Crippen LogP contribution >= 0.6 is 0 Å². The standard InChI is InChI=1S/C18H20F3NO/c1-3-13-9-10-15(11-16(13)18(19,20)21)22-12-14-7-5-6-8-17(14)23-4-2/h5-11,22H,3-4,12H2,1-2H3. The minimum atomic E-state index is -4.34. The summed E-state index contributed by atoms with van der Waals surface area (Å²) in [7, 11) is 0. The largest absolute Gasteiger partial charge is 0.494 e. The summed E-state index contributed by atoms with van der Waals surface area (Å²) >= 11 is 0. The van der Waals surface area contributed by atoms with Crippen molar-refractivity contribution < 1.29 is 17.9 Å². The summed E-state index contributed by atoms with van der Waals surface area (Å²) in [4.78, 5) is 0. The van der Waals surface area contributed by atoms with E-state index in [9.17, 15) is 13.2 Å². The lowest BCUT2D eigenvalue weighted by Gasteiger charge is -2.15. The van der Waals surface area contributed by atoms with Crippen LogP contribution < -0.4 is 10.1 Å².